The molecule has 0 amide bonds. The van der Waals surface area contributed by atoms with Crippen LogP contribution in [0, 0.1) is 0 Å². The third-order valence-corrected chi connectivity index (χ3v) is 5.21. The minimum Gasteiger partial charge on any atom is -0.456 e. The Balaban J connectivity index is 1.76. The van der Waals surface area contributed by atoms with E-state index in [1.807, 2.05) is 67.6 Å². The van der Waals surface area contributed by atoms with Crippen molar-refractivity contribution < 1.29 is 9.53 Å². The summed E-state index contributed by atoms with van der Waals surface area (Å²) < 4.78 is 5.75. The molecule has 1 heterocycles. The lowest BCUT2D eigenvalue weighted by Crippen LogP contribution is -2.57. The molecule has 0 unspecified atom stereocenters. The van der Waals surface area contributed by atoms with Crippen LogP contribution >= 0.6 is 0 Å². The number of rotatable bonds is 5. The number of ether oxygens (including phenoxy) is 1. The molecule has 136 valence electrons. The largest absolute Gasteiger partial charge is 0.456 e. The Labute approximate surface area is 160 Å². The Kier molecular flexibility index (Phi) is 5.03. The van der Waals surface area contributed by atoms with Crippen molar-refractivity contribution in [3.05, 3.63) is 107 Å². The van der Waals surface area contributed by atoms with Crippen LogP contribution in [0.4, 0.5) is 0 Å². The van der Waals surface area contributed by atoms with Crippen LogP contribution in [0.25, 0.3) is 0 Å². The Bertz CT molecular complexity index is 868. The zero-order chi connectivity index (χ0) is 18.6. The van der Waals surface area contributed by atoms with E-state index in [9.17, 15) is 4.79 Å². The summed E-state index contributed by atoms with van der Waals surface area (Å²) in [5.41, 5.74) is 3.92. The maximum atomic E-state index is 12.9. The predicted molar refractivity (Wildman–Crippen MR) is 107 cm³/mol. The Morgan fingerprint density at radius 3 is 1.96 bits per heavy atom. The van der Waals surface area contributed by atoms with Gasteiger partial charge in [-0.05, 0) is 29.7 Å². The van der Waals surface area contributed by atoms with Crippen LogP contribution in [0.15, 0.2) is 84.9 Å². The third-order valence-electron chi connectivity index (χ3n) is 5.21. The zero-order valence-corrected chi connectivity index (χ0v) is 15.3. The highest BCUT2D eigenvalue weighted by Crippen LogP contribution is 2.34. The van der Waals surface area contributed by atoms with E-state index >= 15 is 0 Å². The molecule has 3 heteroatoms. The molecule has 0 saturated carbocycles. The summed E-state index contributed by atoms with van der Waals surface area (Å²) in [5, 5.41) is 3.23. The van der Waals surface area contributed by atoms with Crippen molar-refractivity contribution in [2.24, 2.45) is 0 Å². The molecule has 1 aliphatic rings. The van der Waals surface area contributed by atoms with Crippen LogP contribution in [0.2, 0.25) is 0 Å². The van der Waals surface area contributed by atoms with Gasteiger partial charge in [-0.2, -0.15) is 0 Å². The molecule has 0 aliphatic carbocycles. The van der Waals surface area contributed by atoms with E-state index in [1.165, 1.54) is 0 Å². The number of nitrogens with one attached hydrogen (secondary N) is 1. The lowest BCUT2D eigenvalue weighted by atomic mass is 9.83. The van der Waals surface area contributed by atoms with Gasteiger partial charge < -0.3 is 10.1 Å². The number of hydrogen-bond donors (Lipinski definition) is 1. The van der Waals surface area contributed by atoms with Crippen molar-refractivity contribution in [1.29, 1.82) is 0 Å². The number of carbonyl (C=O) groups is 1. The van der Waals surface area contributed by atoms with Crippen LogP contribution in [-0.4, -0.2) is 24.7 Å². The van der Waals surface area contributed by atoms with Crippen LogP contribution in [0.5, 0.6) is 0 Å². The summed E-state index contributed by atoms with van der Waals surface area (Å²) in [6.07, 6.45) is -0.0579. The molecule has 1 aliphatic heterocycles. The van der Waals surface area contributed by atoms with Crippen LogP contribution in [-0.2, 0) is 4.74 Å². The molecule has 0 radical (unpaired) electrons. The molecule has 3 aromatic carbocycles. The molecular weight excluding hydrogens is 334 g/mol. The van der Waals surface area contributed by atoms with Gasteiger partial charge in [0.25, 0.3) is 0 Å². The van der Waals surface area contributed by atoms with Gasteiger partial charge in [0, 0.05) is 18.5 Å². The van der Waals surface area contributed by atoms with Crippen molar-refractivity contribution in [2.75, 3.05) is 6.54 Å². The molecule has 1 fully saturated rings. The molecular formula is C24H23NO2. The second-order valence-electron chi connectivity index (χ2n) is 6.98. The normalized spacial score (nSPS) is 18.7. The first kappa shape index (κ1) is 17.5. The molecule has 27 heavy (non-hydrogen) atoms. The third kappa shape index (κ3) is 3.64. The average molecular weight is 357 g/mol. The molecule has 0 spiro atoms. The smallest absolute Gasteiger partial charge is 0.338 e. The summed E-state index contributed by atoms with van der Waals surface area (Å²) in [5.74, 6) is -0.270. The monoisotopic (exact) mass is 357 g/mol. The first-order valence-electron chi connectivity index (χ1n) is 9.37. The summed E-state index contributed by atoms with van der Waals surface area (Å²) >= 11 is 0. The highest BCUT2D eigenvalue weighted by molar-refractivity contribution is 5.92. The highest BCUT2D eigenvalue weighted by atomic mass is 16.5. The van der Waals surface area contributed by atoms with E-state index in [2.05, 4.69) is 29.6 Å². The zero-order valence-electron chi connectivity index (χ0n) is 15.3. The maximum Gasteiger partial charge on any atom is 0.338 e. The van der Waals surface area contributed by atoms with Crippen LogP contribution in [0.3, 0.4) is 0 Å². The van der Waals surface area contributed by atoms with E-state index in [0.29, 0.717) is 5.56 Å². The van der Waals surface area contributed by atoms with Gasteiger partial charge in [0.05, 0.1) is 5.56 Å². The summed E-state index contributed by atoms with van der Waals surface area (Å²) in [4.78, 5) is 12.9. The Morgan fingerprint density at radius 2 is 1.44 bits per heavy atom. The minimum absolute atomic E-state index is 0.0203. The first-order chi connectivity index (χ1) is 13.2. The predicted octanol–water partition coefficient (Wildman–Crippen LogP) is 4.38. The Hall–Kier alpha value is -2.91. The van der Waals surface area contributed by atoms with Gasteiger partial charge in [-0.1, -0.05) is 78.9 Å². The quantitative estimate of drug-likeness (QED) is 0.544. The maximum absolute atomic E-state index is 12.9. The van der Waals surface area contributed by atoms with Crippen molar-refractivity contribution in [3.63, 3.8) is 0 Å². The topological polar surface area (TPSA) is 38.3 Å². The standard InChI is InChI=1S/C24H23NO2/c1-17-22(16-25-17)27-24(26)21-15-9-8-14-20(21)23(18-10-4-2-5-11-18)19-12-6-3-7-13-19/h2-15,17,22-23,25H,16H2,1H3/t17-,22+/m0/s1. The van der Waals surface area contributed by atoms with Crippen molar-refractivity contribution in [3.8, 4) is 0 Å². The van der Waals surface area contributed by atoms with Gasteiger partial charge in [0.1, 0.15) is 6.10 Å². The van der Waals surface area contributed by atoms with Gasteiger partial charge in [0.2, 0.25) is 0 Å². The second kappa shape index (κ2) is 7.77. The summed E-state index contributed by atoms with van der Waals surface area (Å²) in [6.45, 7) is 2.75. The average Bonchev–Trinajstić information content (AvgIpc) is 2.73. The number of hydrogen-bond acceptors (Lipinski definition) is 3. The molecule has 1 saturated heterocycles. The van der Waals surface area contributed by atoms with Gasteiger partial charge in [-0.25, -0.2) is 4.79 Å². The van der Waals surface area contributed by atoms with E-state index in [0.717, 1.165) is 23.2 Å². The molecule has 3 nitrogen and oxygen atoms in total. The fraction of sp³-hybridized carbons (Fsp3) is 0.208. The molecule has 0 aromatic heterocycles. The van der Waals surface area contributed by atoms with E-state index in [1.54, 1.807) is 0 Å². The fourth-order valence-electron chi connectivity index (χ4n) is 3.57. The molecule has 0 bridgehead atoms. The van der Waals surface area contributed by atoms with Gasteiger partial charge in [-0.15, -0.1) is 0 Å². The minimum atomic E-state index is -0.249. The number of carbonyl (C=O) groups excluding carboxylic acids is 1. The second-order valence-corrected chi connectivity index (χ2v) is 6.98. The fourth-order valence-corrected chi connectivity index (χ4v) is 3.57. The van der Waals surface area contributed by atoms with Gasteiger partial charge in [-0.3, -0.25) is 0 Å². The van der Waals surface area contributed by atoms with Crippen molar-refractivity contribution in [1.82, 2.24) is 5.32 Å². The summed E-state index contributed by atoms with van der Waals surface area (Å²) in [7, 11) is 0. The van der Waals surface area contributed by atoms with Crippen molar-refractivity contribution in [2.45, 2.75) is 25.0 Å². The summed E-state index contributed by atoms with van der Waals surface area (Å²) in [6, 6.07) is 28.6. The molecule has 1 N–H and O–H groups in total. The van der Waals surface area contributed by atoms with Crippen LogP contribution in [0.1, 0.15) is 39.9 Å². The molecule has 3 aromatic rings. The van der Waals surface area contributed by atoms with Crippen LogP contribution < -0.4 is 5.32 Å². The lowest BCUT2D eigenvalue weighted by molar-refractivity contribution is 0.000623. The molecule has 4 rings (SSSR count). The van der Waals surface area contributed by atoms with Crippen molar-refractivity contribution >= 4 is 5.97 Å². The number of esters is 1. The van der Waals surface area contributed by atoms with Gasteiger partial charge >= 0.3 is 5.97 Å². The number of benzene rings is 3. The van der Waals surface area contributed by atoms with E-state index < -0.39 is 0 Å². The van der Waals surface area contributed by atoms with Gasteiger partial charge in [0.15, 0.2) is 0 Å². The van der Waals surface area contributed by atoms with E-state index in [-0.39, 0.29) is 24.0 Å². The highest BCUT2D eigenvalue weighted by Gasteiger charge is 2.31. The van der Waals surface area contributed by atoms with E-state index in [4.69, 9.17) is 4.74 Å². The molecule has 2 atom stereocenters. The SMILES string of the molecule is C[C@@H]1NC[C@H]1OC(=O)c1ccccc1C(c1ccccc1)c1ccccc1. The lowest BCUT2D eigenvalue weighted by Gasteiger charge is -2.34. The first-order valence-corrected chi connectivity index (χ1v) is 9.37. The Morgan fingerprint density at radius 1 is 0.889 bits per heavy atom.